The van der Waals surface area contributed by atoms with E-state index in [4.69, 9.17) is 4.74 Å². The quantitative estimate of drug-likeness (QED) is 0.292. The summed E-state index contributed by atoms with van der Waals surface area (Å²) in [6, 6.07) is 6.17. The van der Waals surface area contributed by atoms with Crippen molar-refractivity contribution >= 4 is 29.9 Å². The van der Waals surface area contributed by atoms with Crippen LogP contribution in [0.25, 0.3) is 0 Å². The highest BCUT2D eigenvalue weighted by Gasteiger charge is 2.05. The van der Waals surface area contributed by atoms with Gasteiger partial charge in [0.1, 0.15) is 5.75 Å². The van der Waals surface area contributed by atoms with E-state index in [1.54, 1.807) is 7.05 Å². The lowest BCUT2D eigenvalue weighted by atomic mass is 10.1. The van der Waals surface area contributed by atoms with Crippen LogP contribution in [0.5, 0.6) is 5.75 Å². The second kappa shape index (κ2) is 12.5. The first-order valence-electron chi connectivity index (χ1n) is 7.44. The molecule has 1 aromatic carbocycles. The van der Waals surface area contributed by atoms with Crippen molar-refractivity contribution in [3.63, 3.8) is 0 Å². The van der Waals surface area contributed by atoms with Gasteiger partial charge in [0.25, 0.3) is 0 Å². The first kappa shape index (κ1) is 20.9. The summed E-state index contributed by atoms with van der Waals surface area (Å²) in [6.07, 6.45) is 1.46. The Morgan fingerprint density at radius 3 is 2.73 bits per heavy atom. The zero-order valence-corrected chi connectivity index (χ0v) is 15.9. The zero-order chi connectivity index (χ0) is 15.5. The largest absolute Gasteiger partial charge is 0.493 e. The molecule has 0 aromatic heterocycles. The Balaban J connectivity index is 0.00000441. The minimum absolute atomic E-state index is 0. The standard InChI is InChI=1S/C16H26FN3O.HI/c1-4-10-21-15-11-13(2)6-7-14(15)12-20-16(18-3)19-9-5-8-17;/h6-7,11H,4-5,8-10,12H2,1-3H3,(H2,18,19,20);1H. The smallest absolute Gasteiger partial charge is 0.191 e. The van der Waals surface area contributed by atoms with Crippen LogP contribution in [-0.4, -0.2) is 32.8 Å². The highest BCUT2D eigenvalue weighted by atomic mass is 127. The van der Waals surface area contributed by atoms with Crippen LogP contribution in [0.3, 0.4) is 0 Å². The molecule has 1 rings (SSSR count). The maximum atomic E-state index is 12.1. The normalized spacial score (nSPS) is 10.8. The summed E-state index contributed by atoms with van der Waals surface area (Å²) in [5.41, 5.74) is 2.26. The third kappa shape index (κ3) is 7.82. The van der Waals surface area contributed by atoms with Crippen molar-refractivity contribution < 1.29 is 9.13 Å². The molecule has 4 nitrogen and oxygen atoms in total. The summed E-state index contributed by atoms with van der Waals surface area (Å²) in [4.78, 5) is 4.12. The molecule has 0 aliphatic carbocycles. The monoisotopic (exact) mass is 423 g/mol. The Bertz CT molecular complexity index is 455. The zero-order valence-electron chi connectivity index (χ0n) is 13.6. The molecule has 0 aliphatic rings. The van der Waals surface area contributed by atoms with Crippen LogP contribution in [0.1, 0.15) is 30.9 Å². The number of aliphatic imine (C=N–C) groups is 1. The lowest BCUT2D eigenvalue weighted by molar-refractivity contribution is 0.313. The number of nitrogens with one attached hydrogen (secondary N) is 2. The SMILES string of the molecule is CCCOc1cc(C)ccc1CNC(=NC)NCCCF.I. The van der Waals surface area contributed by atoms with Crippen LogP contribution >= 0.6 is 24.0 Å². The van der Waals surface area contributed by atoms with E-state index < -0.39 is 0 Å². The minimum atomic E-state index is -0.322. The molecular formula is C16H27FIN3O. The maximum Gasteiger partial charge on any atom is 0.191 e. The highest BCUT2D eigenvalue weighted by Crippen LogP contribution is 2.20. The fourth-order valence-electron chi connectivity index (χ4n) is 1.83. The molecule has 0 saturated carbocycles. The van der Waals surface area contributed by atoms with E-state index in [1.807, 2.05) is 13.0 Å². The molecule has 0 aliphatic heterocycles. The van der Waals surface area contributed by atoms with E-state index in [-0.39, 0.29) is 30.7 Å². The van der Waals surface area contributed by atoms with E-state index in [0.717, 1.165) is 17.7 Å². The second-order valence-electron chi connectivity index (χ2n) is 4.85. The molecule has 0 spiro atoms. The van der Waals surface area contributed by atoms with Gasteiger partial charge in [0.15, 0.2) is 5.96 Å². The lowest BCUT2D eigenvalue weighted by Crippen LogP contribution is -2.37. The molecule has 0 radical (unpaired) electrons. The number of ether oxygens (including phenoxy) is 1. The first-order valence-corrected chi connectivity index (χ1v) is 7.44. The first-order chi connectivity index (χ1) is 10.2. The topological polar surface area (TPSA) is 45.6 Å². The number of hydrogen-bond acceptors (Lipinski definition) is 2. The fourth-order valence-corrected chi connectivity index (χ4v) is 1.83. The van der Waals surface area contributed by atoms with Crippen LogP contribution in [-0.2, 0) is 6.54 Å². The number of hydrogen-bond donors (Lipinski definition) is 2. The molecule has 0 unspecified atom stereocenters. The van der Waals surface area contributed by atoms with Crippen molar-refractivity contribution in [3.8, 4) is 5.75 Å². The van der Waals surface area contributed by atoms with Gasteiger partial charge >= 0.3 is 0 Å². The van der Waals surface area contributed by atoms with Gasteiger partial charge in [0, 0.05) is 25.7 Å². The van der Waals surface area contributed by atoms with Gasteiger partial charge in [-0.15, -0.1) is 24.0 Å². The number of alkyl halides is 1. The molecule has 0 fully saturated rings. The Morgan fingerprint density at radius 2 is 2.09 bits per heavy atom. The number of nitrogens with zero attached hydrogens (tertiary/aromatic N) is 1. The van der Waals surface area contributed by atoms with Crippen molar-refractivity contribution in [2.45, 2.75) is 33.2 Å². The van der Waals surface area contributed by atoms with Crippen LogP contribution in [0.15, 0.2) is 23.2 Å². The summed E-state index contributed by atoms with van der Waals surface area (Å²) < 4.78 is 17.9. The number of aryl methyl sites for hydroxylation is 1. The molecule has 0 heterocycles. The summed E-state index contributed by atoms with van der Waals surface area (Å²) >= 11 is 0. The molecule has 22 heavy (non-hydrogen) atoms. The minimum Gasteiger partial charge on any atom is -0.493 e. The van der Waals surface area contributed by atoms with E-state index in [0.29, 0.717) is 32.1 Å². The average molecular weight is 423 g/mol. The van der Waals surface area contributed by atoms with Crippen molar-refractivity contribution in [1.82, 2.24) is 10.6 Å². The third-order valence-electron chi connectivity index (χ3n) is 2.96. The Labute approximate surface area is 149 Å². The number of rotatable bonds is 8. The second-order valence-corrected chi connectivity index (χ2v) is 4.85. The van der Waals surface area contributed by atoms with Gasteiger partial charge in [-0.1, -0.05) is 19.1 Å². The van der Waals surface area contributed by atoms with Crippen LogP contribution < -0.4 is 15.4 Å². The van der Waals surface area contributed by atoms with Crippen molar-refractivity contribution in [3.05, 3.63) is 29.3 Å². The molecule has 2 N–H and O–H groups in total. The number of guanidine groups is 1. The summed E-state index contributed by atoms with van der Waals surface area (Å²) in [5.74, 6) is 1.58. The van der Waals surface area contributed by atoms with Crippen LogP contribution in [0.4, 0.5) is 4.39 Å². The average Bonchev–Trinajstić information content (AvgIpc) is 2.50. The predicted molar refractivity (Wildman–Crippen MR) is 101 cm³/mol. The van der Waals surface area contributed by atoms with Crippen LogP contribution in [0.2, 0.25) is 0 Å². The molecule has 6 heteroatoms. The molecule has 0 atom stereocenters. The summed E-state index contributed by atoms with van der Waals surface area (Å²) in [6.45, 7) is 5.71. The Kier molecular flexibility index (Phi) is 11.9. The molecule has 126 valence electrons. The molecule has 0 saturated heterocycles. The highest BCUT2D eigenvalue weighted by molar-refractivity contribution is 14.0. The van der Waals surface area contributed by atoms with Gasteiger partial charge in [-0.25, -0.2) is 0 Å². The molecule has 0 amide bonds. The van der Waals surface area contributed by atoms with Crippen molar-refractivity contribution in [2.24, 2.45) is 4.99 Å². The predicted octanol–water partition coefficient (Wildman–Crippen LogP) is 3.43. The van der Waals surface area contributed by atoms with Gasteiger partial charge < -0.3 is 15.4 Å². The Morgan fingerprint density at radius 1 is 1.32 bits per heavy atom. The van der Waals surface area contributed by atoms with E-state index in [2.05, 4.69) is 34.7 Å². The van der Waals surface area contributed by atoms with Crippen molar-refractivity contribution in [2.75, 3.05) is 26.9 Å². The number of halogens is 2. The van der Waals surface area contributed by atoms with E-state index >= 15 is 0 Å². The summed E-state index contributed by atoms with van der Waals surface area (Å²) in [7, 11) is 1.70. The van der Waals surface area contributed by atoms with Gasteiger partial charge in [-0.2, -0.15) is 0 Å². The van der Waals surface area contributed by atoms with Gasteiger partial charge in [-0.05, 0) is 31.4 Å². The lowest BCUT2D eigenvalue weighted by Gasteiger charge is -2.15. The third-order valence-corrected chi connectivity index (χ3v) is 2.96. The van der Waals surface area contributed by atoms with Crippen molar-refractivity contribution in [1.29, 1.82) is 0 Å². The molecular weight excluding hydrogens is 396 g/mol. The molecule has 1 aromatic rings. The van der Waals surface area contributed by atoms with E-state index in [9.17, 15) is 4.39 Å². The Hall–Kier alpha value is -1.05. The molecule has 0 bridgehead atoms. The van der Waals surface area contributed by atoms with Gasteiger partial charge in [0.2, 0.25) is 0 Å². The van der Waals surface area contributed by atoms with E-state index in [1.165, 1.54) is 5.56 Å². The number of benzene rings is 1. The van der Waals surface area contributed by atoms with Gasteiger partial charge in [-0.3, -0.25) is 9.38 Å². The van der Waals surface area contributed by atoms with Gasteiger partial charge in [0.05, 0.1) is 13.3 Å². The maximum absolute atomic E-state index is 12.1. The van der Waals surface area contributed by atoms with Crippen LogP contribution in [0, 0.1) is 6.92 Å². The fraction of sp³-hybridized carbons (Fsp3) is 0.562. The summed E-state index contributed by atoms with van der Waals surface area (Å²) in [5, 5.41) is 6.29.